The Hall–Kier alpha value is -2.06. The summed E-state index contributed by atoms with van der Waals surface area (Å²) in [5, 5.41) is 11.2. The summed E-state index contributed by atoms with van der Waals surface area (Å²) in [6.45, 7) is 3.66. The molecule has 0 aliphatic rings. The van der Waals surface area contributed by atoms with Gasteiger partial charge in [0.1, 0.15) is 0 Å². The number of nitrogens with zero attached hydrogens (tertiary/aromatic N) is 2. The lowest BCUT2D eigenvalue weighted by Gasteiger charge is -2.09. The van der Waals surface area contributed by atoms with Crippen LogP contribution in [0.3, 0.4) is 0 Å². The highest BCUT2D eigenvalue weighted by Gasteiger charge is 2.10. The number of hydrogen-bond acceptors (Lipinski definition) is 7. The molecule has 1 heterocycles. The summed E-state index contributed by atoms with van der Waals surface area (Å²) < 4.78 is 11.3. The van der Waals surface area contributed by atoms with Crippen molar-refractivity contribution in [3.05, 3.63) is 36.4 Å². The zero-order valence-corrected chi connectivity index (χ0v) is 15.2. The normalized spacial score (nSPS) is 10.2. The first-order valence-electron chi connectivity index (χ1n) is 7.24. The van der Waals surface area contributed by atoms with Gasteiger partial charge in [-0.1, -0.05) is 35.2 Å². The molecule has 0 aliphatic carbocycles. The Balaban J connectivity index is 1.86. The smallest absolute Gasteiger partial charge is 0.226 e. The summed E-state index contributed by atoms with van der Waals surface area (Å²) in [6, 6.07) is 5.63. The van der Waals surface area contributed by atoms with Crippen LogP contribution in [-0.2, 0) is 11.2 Å². The molecule has 0 fully saturated rings. The number of nitrogens with one attached hydrogen (secondary N) is 1. The van der Waals surface area contributed by atoms with E-state index in [0.29, 0.717) is 29.5 Å². The molecule has 0 atom stereocenters. The van der Waals surface area contributed by atoms with Crippen molar-refractivity contribution in [3.8, 4) is 11.5 Å². The van der Waals surface area contributed by atoms with E-state index in [-0.39, 0.29) is 5.91 Å². The van der Waals surface area contributed by atoms with Gasteiger partial charge in [0.15, 0.2) is 15.8 Å². The second-order valence-electron chi connectivity index (χ2n) is 4.71. The molecule has 0 aliphatic heterocycles. The molecule has 24 heavy (non-hydrogen) atoms. The van der Waals surface area contributed by atoms with Gasteiger partial charge in [-0.25, -0.2) is 0 Å². The monoisotopic (exact) mass is 365 g/mol. The summed E-state index contributed by atoms with van der Waals surface area (Å²) >= 11 is 2.89. The molecular weight excluding hydrogens is 346 g/mol. The van der Waals surface area contributed by atoms with Crippen LogP contribution in [0, 0.1) is 0 Å². The molecule has 0 bridgehead atoms. The second kappa shape index (κ2) is 9.29. The molecular formula is C16H19N3O3S2. The van der Waals surface area contributed by atoms with Crippen LogP contribution in [0.5, 0.6) is 11.5 Å². The number of ether oxygens (including phenoxy) is 2. The average Bonchev–Trinajstić information content (AvgIpc) is 3.05. The van der Waals surface area contributed by atoms with Crippen LogP contribution in [0.25, 0.3) is 0 Å². The van der Waals surface area contributed by atoms with E-state index in [1.54, 1.807) is 20.3 Å². The Bertz CT molecular complexity index is 704. The van der Waals surface area contributed by atoms with E-state index in [1.807, 2.05) is 18.2 Å². The Morgan fingerprint density at radius 3 is 2.83 bits per heavy atom. The third-order valence-corrected chi connectivity index (χ3v) is 5.03. The van der Waals surface area contributed by atoms with Crippen molar-refractivity contribution in [1.82, 2.24) is 10.2 Å². The van der Waals surface area contributed by atoms with Gasteiger partial charge in [-0.3, -0.25) is 4.79 Å². The van der Waals surface area contributed by atoms with Gasteiger partial charge >= 0.3 is 0 Å². The van der Waals surface area contributed by atoms with E-state index < -0.39 is 0 Å². The zero-order valence-electron chi connectivity index (χ0n) is 13.6. The molecule has 1 N–H and O–H groups in total. The fourth-order valence-corrected chi connectivity index (χ4v) is 3.45. The van der Waals surface area contributed by atoms with Gasteiger partial charge in [-0.15, -0.1) is 16.8 Å². The number of methoxy groups -OCH3 is 2. The van der Waals surface area contributed by atoms with Crippen molar-refractivity contribution in [1.29, 1.82) is 0 Å². The Morgan fingerprint density at radius 1 is 1.33 bits per heavy atom. The lowest BCUT2D eigenvalue weighted by Crippen LogP contribution is -2.12. The first-order chi connectivity index (χ1) is 11.7. The molecule has 1 aromatic carbocycles. The highest BCUT2D eigenvalue weighted by Crippen LogP contribution is 2.28. The van der Waals surface area contributed by atoms with Gasteiger partial charge in [-0.2, -0.15) is 0 Å². The molecule has 1 amide bonds. The molecule has 2 aromatic rings. The maximum atomic E-state index is 12.0. The summed E-state index contributed by atoms with van der Waals surface area (Å²) in [7, 11) is 3.18. The van der Waals surface area contributed by atoms with Gasteiger partial charge in [0.25, 0.3) is 0 Å². The lowest BCUT2D eigenvalue weighted by atomic mass is 10.1. The predicted octanol–water partition coefficient (Wildman–Crippen LogP) is 3.40. The van der Waals surface area contributed by atoms with Crippen LogP contribution >= 0.6 is 23.1 Å². The van der Waals surface area contributed by atoms with Crippen molar-refractivity contribution >= 4 is 34.1 Å². The molecule has 8 heteroatoms. The summed E-state index contributed by atoms with van der Waals surface area (Å²) in [4.78, 5) is 12.0. The highest BCUT2D eigenvalue weighted by molar-refractivity contribution is 8.01. The third-order valence-electron chi connectivity index (χ3n) is 3.07. The standard InChI is InChI=1S/C16H19N3O3S2/c1-4-9-23-16-19-18-15(24-16)17-14(20)8-6-11-5-7-12(21-2)13(10-11)22-3/h4-5,7,10H,1,6,8-9H2,2-3H3,(H,17,18,20). The molecule has 0 saturated carbocycles. The van der Waals surface area contributed by atoms with E-state index in [0.717, 1.165) is 15.7 Å². The number of hydrogen-bond donors (Lipinski definition) is 1. The Kier molecular flexibility index (Phi) is 7.07. The van der Waals surface area contributed by atoms with Gasteiger partial charge in [0.2, 0.25) is 11.0 Å². The topological polar surface area (TPSA) is 73.3 Å². The quantitative estimate of drug-likeness (QED) is 0.417. The molecule has 6 nitrogen and oxygen atoms in total. The number of carbonyl (C=O) groups is 1. The maximum absolute atomic E-state index is 12.0. The minimum absolute atomic E-state index is 0.0961. The van der Waals surface area contributed by atoms with Gasteiger partial charge in [-0.05, 0) is 24.1 Å². The largest absolute Gasteiger partial charge is 0.493 e. The molecule has 0 unspecified atom stereocenters. The molecule has 0 spiro atoms. The number of benzene rings is 1. The van der Waals surface area contributed by atoms with E-state index >= 15 is 0 Å². The maximum Gasteiger partial charge on any atom is 0.226 e. The summed E-state index contributed by atoms with van der Waals surface area (Å²) in [6.07, 6.45) is 2.75. The zero-order chi connectivity index (χ0) is 17.4. The van der Waals surface area contributed by atoms with E-state index in [4.69, 9.17) is 9.47 Å². The van der Waals surface area contributed by atoms with Crippen LogP contribution in [0.4, 0.5) is 5.13 Å². The predicted molar refractivity (Wildman–Crippen MR) is 97.3 cm³/mol. The van der Waals surface area contributed by atoms with E-state index in [9.17, 15) is 4.79 Å². The van der Waals surface area contributed by atoms with Crippen LogP contribution in [-0.4, -0.2) is 36.1 Å². The fourth-order valence-electron chi connectivity index (χ4n) is 1.92. The molecule has 1 aromatic heterocycles. The fraction of sp³-hybridized carbons (Fsp3) is 0.312. The Morgan fingerprint density at radius 2 is 2.12 bits per heavy atom. The average molecular weight is 365 g/mol. The minimum Gasteiger partial charge on any atom is -0.493 e. The minimum atomic E-state index is -0.0961. The number of carbonyl (C=O) groups excluding carboxylic acids is 1. The first-order valence-corrected chi connectivity index (χ1v) is 9.04. The number of anilines is 1. The van der Waals surface area contributed by atoms with Gasteiger partial charge in [0, 0.05) is 12.2 Å². The Labute approximate surface area is 149 Å². The van der Waals surface area contributed by atoms with Crippen molar-refractivity contribution < 1.29 is 14.3 Å². The number of thioether (sulfide) groups is 1. The van der Waals surface area contributed by atoms with Crippen molar-refractivity contribution in [2.75, 3.05) is 25.3 Å². The number of aryl methyl sites for hydroxylation is 1. The number of rotatable bonds is 9. The molecule has 2 rings (SSSR count). The third kappa shape index (κ3) is 5.24. The lowest BCUT2D eigenvalue weighted by molar-refractivity contribution is -0.116. The van der Waals surface area contributed by atoms with Crippen molar-refractivity contribution in [2.24, 2.45) is 0 Å². The SMILES string of the molecule is C=CCSc1nnc(NC(=O)CCc2ccc(OC)c(OC)c2)s1. The number of aromatic nitrogens is 2. The van der Waals surface area contributed by atoms with Crippen LogP contribution in [0.1, 0.15) is 12.0 Å². The van der Waals surface area contributed by atoms with E-state index in [1.165, 1.54) is 23.1 Å². The van der Waals surface area contributed by atoms with Crippen molar-refractivity contribution in [2.45, 2.75) is 17.2 Å². The van der Waals surface area contributed by atoms with E-state index in [2.05, 4.69) is 22.1 Å². The second-order valence-corrected chi connectivity index (χ2v) is 6.95. The molecule has 128 valence electrons. The van der Waals surface area contributed by atoms with Crippen LogP contribution < -0.4 is 14.8 Å². The van der Waals surface area contributed by atoms with Crippen molar-refractivity contribution in [3.63, 3.8) is 0 Å². The first kappa shape index (κ1) is 18.3. The van der Waals surface area contributed by atoms with Gasteiger partial charge in [0.05, 0.1) is 14.2 Å². The summed E-state index contributed by atoms with van der Waals surface area (Å²) in [5.41, 5.74) is 1.00. The molecule has 0 radical (unpaired) electrons. The number of amides is 1. The van der Waals surface area contributed by atoms with Crippen LogP contribution in [0.2, 0.25) is 0 Å². The van der Waals surface area contributed by atoms with Gasteiger partial charge < -0.3 is 14.8 Å². The van der Waals surface area contributed by atoms with Crippen LogP contribution in [0.15, 0.2) is 35.2 Å². The highest BCUT2D eigenvalue weighted by atomic mass is 32.2. The molecule has 0 saturated heterocycles. The summed E-state index contributed by atoms with van der Waals surface area (Å²) in [5.74, 6) is 2.00.